The molecule has 0 spiro atoms. The average molecular weight is 265 g/mol. The Morgan fingerprint density at radius 1 is 1.26 bits per heavy atom. The second-order valence-corrected chi connectivity index (χ2v) is 4.77. The van der Waals surface area contributed by atoms with Gasteiger partial charge < -0.3 is 19.9 Å². The topological polar surface area (TPSA) is 70.8 Å². The van der Waals surface area contributed by atoms with Crippen LogP contribution in [0.2, 0.25) is 0 Å². The summed E-state index contributed by atoms with van der Waals surface area (Å²) >= 11 is 0. The summed E-state index contributed by atoms with van der Waals surface area (Å²) in [5.41, 5.74) is 5.09. The molecule has 2 N–H and O–H groups in total. The molecule has 2 rings (SSSR count). The molecule has 1 saturated carbocycles. The van der Waals surface area contributed by atoms with E-state index in [2.05, 4.69) is 0 Å². The molecule has 1 unspecified atom stereocenters. The van der Waals surface area contributed by atoms with Gasteiger partial charge in [-0.25, -0.2) is 4.79 Å². The lowest BCUT2D eigenvalue weighted by Crippen LogP contribution is -2.55. The van der Waals surface area contributed by atoms with Gasteiger partial charge in [0.25, 0.3) is 0 Å². The number of methoxy groups -OCH3 is 2. The lowest BCUT2D eigenvalue weighted by atomic mass is 9.96. The van der Waals surface area contributed by atoms with Crippen molar-refractivity contribution in [2.45, 2.75) is 18.4 Å². The number of nitrogens with two attached hydrogens (primary N) is 1. The van der Waals surface area contributed by atoms with E-state index in [0.717, 1.165) is 18.6 Å². The van der Waals surface area contributed by atoms with Crippen LogP contribution in [0.5, 0.6) is 11.5 Å². The van der Waals surface area contributed by atoms with Gasteiger partial charge in [-0.05, 0) is 43.0 Å². The van der Waals surface area contributed by atoms with Crippen molar-refractivity contribution in [1.82, 2.24) is 0 Å². The second kappa shape index (κ2) is 5.48. The van der Waals surface area contributed by atoms with Crippen LogP contribution in [0.4, 0.5) is 0 Å². The first-order chi connectivity index (χ1) is 9.10. The van der Waals surface area contributed by atoms with Crippen LogP contribution in [0, 0.1) is 5.92 Å². The number of carbonyl (C=O) groups is 1. The molecule has 5 nitrogen and oxygen atoms in total. The summed E-state index contributed by atoms with van der Waals surface area (Å²) in [5.74, 6) is 1.14. The number of ether oxygens (including phenoxy) is 3. The van der Waals surface area contributed by atoms with Crippen molar-refractivity contribution in [3.05, 3.63) is 24.3 Å². The van der Waals surface area contributed by atoms with Crippen molar-refractivity contribution >= 4 is 5.97 Å². The summed E-state index contributed by atoms with van der Waals surface area (Å²) < 4.78 is 15.5. The molecule has 0 heterocycles. The summed E-state index contributed by atoms with van der Waals surface area (Å²) in [6.45, 7) is 0.122. The summed E-state index contributed by atoms with van der Waals surface area (Å²) in [7, 11) is 2.95. The van der Waals surface area contributed by atoms with Gasteiger partial charge in [0.15, 0.2) is 5.54 Å². The van der Waals surface area contributed by atoms with Gasteiger partial charge in [-0.1, -0.05) is 0 Å². The number of benzene rings is 1. The van der Waals surface area contributed by atoms with E-state index in [0.29, 0.717) is 5.75 Å². The zero-order valence-electron chi connectivity index (χ0n) is 11.2. The molecule has 5 heteroatoms. The van der Waals surface area contributed by atoms with E-state index < -0.39 is 11.5 Å². The molecule has 0 bridgehead atoms. The number of hydrogen-bond acceptors (Lipinski definition) is 5. The van der Waals surface area contributed by atoms with Crippen LogP contribution in [-0.4, -0.2) is 32.3 Å². The first-order valence-corrected chi connectivity index (χ1v) is 6.24. The molecule has 1 aliphatic rings. The molecule has 1 atom stereocenters. The largest absolute Gasteiger partial charge is 0.497 e. The Balaban J connectivity index is 2.00. The molecule has 19 heavy (non-hydrogen) atoms. The quantitative estimate of drug-likeness (QED) is 0.786. The summed E-state index contributed by atoms with van der Waals surface area (Å²) in [4.78, 5) is 11.8. The summed E-state index contributed by atoms with van der Waals surface area (Å²) in [6.07, 6.45) is 1.88. The minimum atomic E-state index is -1.05. The highest BCUT2D eigenvalue weighted by Gasteiger charge is 2.49. The molecule has 1 fully saturated rings. The van der Waals surface area contributed by atoms with Crippen molar-refractivity contribution in [2.24, 2.45) is 11.7 Å². The Labute approximate surface area is 112 Å². The molecule has 0 aromatic heterocycles. The third kappa shape index (κ3) is 2.98. The Bertz CT molecular complexity index is 441. The third-order valence-corrected chi connectivity index (χ3v) is 3.41. The monoisotopic (exact) mass is 265 g/mol. The van der Waals surface area contributed by atoms with E-state index >= 15 is 0 Å². The van der Waals surface area contributed by atoms with Crippen LogP contribution in [0.1, 0.15) is 12.8 Å². The maximum Gasteiger partial charge on any atom is 0.329 e. The molecule has 0 aliphatic heterocycles. The molecular weight excluding hydrogens is 246 g/mol. The SMILES string of the molecule is COC(=O)C(N)(COc1ccc(OC)cc1)C1CC1. The van der Waals surface area contributed by atoms with Crippen molar-refractivity contribution in [2.75, 3.05) is 20.8 Å². The van der Waals surface area contributed by atoms with E-state index in [4.69, 9.17) is 19.9 Å². The maximum atomic E-state index is 11.8. The van der Waals surface area contributed by atoms with Crippen LogP contribution < -0.4 is 15.2 Å². The highest BCUT2D eigenvalue weighted by Crippen LogP contribution is 2.39. The first kappa shape index (κ1) is 13.7. The molecule has 0 saturated heterocycles. The number of carbonyl (C=O) groups excluding carboxylic acids is 1. The molecule has 0 radical (unpaired) electrons. The number of hydrogen-bond donors (Lipinski definition) is 1. The molecular formula is C14H19NO4. The maximum absolute atomic E-state index is 11.8. The minimum absolute atomic E-state index is 0.122. The van der Waals surface area contributed by atoms with Crippen molar-refractivity contribution in [1.29, 1.82) is 0 Å². The van der Waals surface area contributed by atoms with E-state index in [1.165, 1.54) is 7.11 Å². The van der Waals surface area contributed by atoms with E-state index in [-0.39, 0.29) is 12.5 Å². The highest BCUT2D eigenvalue weighted by atomic mass is 16.5. The lowest BCUT2D eigenvalue weighted by molar-refractivity contribution is -0.149. The van der Waals surface area contributed by atoms with Crippen LogP contribution in [-0.2, 0) is 9.53 Å². The number of esters is 1. The van der Waals surface area contributed by atoms with Crippen molar-refractivity contribution < 1.29 is 19.0 Å². The van der Waals surface area contributed by atoms with Gasteiger partial charge >= 0.3 is 5.97 Å². The Morgan fingerprint density at radius 3 is 2.32 bits per heavy atom. The molecule has 104 valence electrons. The Kier molecular flexibility index (Phi) is 3.95. The molecule has 1 aromatic carbocycles. The van der Waals surface area contributed by atoms with E-state index in [9.17, 15) is 4.79 Å². The van der Waals surface area contributed by atoms with E-state index in [1.807, 2.05) is 0 Å². The van der Waals surface area contributed by atoms with Gasteiger partial charge in [-0.3, -0.25) is 0 Å². The van der Waals surface area contributed by atoms with Gasteiger partial charge in [-0.15, -0.1) is 0 Å². The van der Waals surface area contributed by atoms with Gasteiger partial charge in [0.1, 0.15) is 18.1 Å². The predicted octanol–water partition coefficient (Wildman–Crippen LogP) is 1.35. The van der Waals surface area contributed by atoms with Crippen LogP contribution in [0.25, 0.3) is 0 Å². The molecule has 1 aliphatic carbocycles. The van der Waals surface area contributed by atoms with Gasteiger partial charge in [-0.2, -0.15) is 0 Å². The summed E-state index contributed by atoms with van der Waals surface area (Å²) in [5, 5.41) is 0. The lowest BCUT2D eigenvalue weighted by Gasteiger charge is -2.26. The fourth-order valence-corrected chi connectivity index (χ4v) is 2.01. The Morgan fingerprint density at radius 2 is 1.84 bits per heavy atom. The molecule has 1 aromatic rings. The van der Waals surface area contributed by atoms with Gasteiger partial charge in [0.2, 0.25) is 0 Å². The van der Waals surface area contributed by atoms with Gasteiger partial charge in [0, 0.05) is 0 Å². The third-order valence-electron chi connectivity index (χ3n) is 3.41. The standard InChI is InChI=1S/C14H19NO4/c1-17-11-5-7-12(8-6-11)19-9-14(15,10-3-4-10)13(16)18-2/h5-8,10H,3-4,9,15H2,1-2H3. The fourth-order valence-electron chi connectivity index (χ4n) is 2.01. The van der Waals surface area contributed by atoms with Crippen LogP contribution in [0.3, 0.4) is 0 Å². The van der Waals surface area contributed by atoms with E-state index in [1.54, 1.807) is 31.4 Å². The van der Waals surface area contributed by atoms with Gasteiger partial charge in [0.05, 0.1) is 14.2 Å². The van der Waals surface area contributed by atoms with Crippen LogP contribution in [0.15, 0.2) is 24.3 Å². The summed E-state index contributed by atoms with van der Waals surface area (Å²) in [6, 6.07) is 7.15. The fraction of sp³-hybridized carbons (Fsp3) is 0.500. The van der Waals surface area contributed by atoms with Crippen molar-refractivity contribution in [3.63, 3.8) is 0 Å². The zero-order valence-corrected chi connectivity index (χ0v) is 11.2. The average Bonchev–Trinajstić information content (AvgIpc) is 3.29. The normalized spacial score (nSPS) is 17.4. The van der Waals surface area contributed by atoms with Crippen LogP contribution >= 0.6 is 0 Å². The first-order valence-electron chi connectivity index (χ1n) is 6.24. The Hall–Kier alpha value is -1.75. The second-order valence-electron chi connectivity index (χ2n) is 4.77. The minimum Gasteiger partial charge on any atom is -0.497 e. The highest BCUT2D eigenvalue weighted by molar-refractivity contribution is 5.81. The predicted molar refractivity (Wildman–Crippen MR) is 70.1 cm³/mol. The molecule has 0 amide bonds. The van der Waals surface area contributed by atoms with Crippen molar-refractivity contribution in [3.8, 4) is 11.5 Å². The zero-order chi connectivity index (χ0) is 13.9. The smallest absolute Gasteiger partial charge is 0.329 e. The number of rotatable bonds is 6.